The highest BCUT2D eigenvalue weighted by molar-refractivity contribution is 6.09. The number of hydrogen-bond acceptors (Lipinski definition) is 2. The molecule has 4 aromatic rings. The van der Waals surface area contributed by atoms with E-state index in [2.05, 4.69) is 0 Å². The van der Waals surface area contributed by atoms with Crippen molar-refractivity contribution in [1.82, 2.24) is 0 Å². The molecule has 0 saturated heterocycles. The maximum Gasteiger partial charge on any atom is 0.124 e. The summed E-state index contributed by atoms with van der Waals surface area (Å²) in [5, 5.41) is 24.8. The van der Waals surface area contributed by atoms with Crippen LogP contribution in [-0.2, 0) is 0 Å². The van der Waals surface area contributed by atoms with Gasteiger partial charge in [-0.25, -0.2) is 0 Å². The third-order valence-corrected chi connectivity index (χ3v) is 4.06. The van der Waals surface area contributed by atoms with E-state index < -0.39 is 0 Å². The zero-order valence-electron chi connectivity index (χ0n) is 13.8. The van der Waals surface area contributed by atoms with Crippen LogP contribution in [0.4, 0.5) is 0 Å². The lowest BCUT2D eigenvalue weighted by Gasteiger charge is -2.14. The SMILES string of the molecule is CC.Oc1ccc2ccccc2c1-c1c(O)ccc2ccccc12. The lowest BCUT2D eigenvalue weighted by molar-refractivity contribution is 0.470. The first-order valence-corrected chi connectivity index (χ1v) is 8.17. The minimum Gasteiger partial charge on any atom is -0.507 e. The van der Waals surface area contributed by atoms with Gasteiger partial charge in [-0.05, 0) is 33.7 Å². The van der Waals surface area contributed by atoms with Crippen molar-refractivity contribution >= 4 is 21.5 Å². The molecule has 0 unspecified atom stereocenters. The minimum absolute atomic E-state index is 0.172. The van der Waals surface area contributed by atoms with E-state index >= 15 is 0 Å². The van der Waals surface area contributed by atoms with Crippen molar-refractivity contribution in [3.63, 3.8) is 0 Å². The standard InChI is InChI=1S/C20H14O2.C2H6/c21-17-11-9-13-5-1-3-7-15(13)19(17)20-16-8-4-2-6-14(16)10-12-18(20)22;1-2/h1-12,21-22H;1-2H3. The van der Waals surface area contributed by atoms with Crippen LogP contribution in [0.25, 0.3) is 32.7 Å². The second kappa shape index (κ2) is 6.63. The van der Waals surface area contributed by atoms with Crippen molar-refractivity contribution in [3.8, 4) is 22.6 Å². The van der Waals surface area contributed by atoms with Crippen LogP contribution in [-0.4, -0.2) is 10.2 Å². The van der Waals surface area contributed by atoms with E-state index in [4.69, 9.17) is 0 Å². The van der Waals surface area contributed by atoms with Gasteiger partial charge in [0.1, 0.15) is 11.5 Å². The summed E-state index contributed by atoms with van der Waals surface area (Å²) in [5.74, 6) is 0.343. The van der Waals surface area contributed by atoms with Crippen LogP contribution in [0.15, 0.2) is 72.8 Å². The Morgan fingerprint density at radius 1 is 0.500 bits per heavy atom. The number of benzene rings is 4. The van der Waals surface area contributed by atoms with E-state index in [0.29, 0.717) is 11.1 Å². The summed E-state index contributed by atoms with van der Waals surface area (Å²) in [6.07, 6.45) is 0. The Labute approximate surface area is 141 Å². The van der Waals surface area contributed by atoms with Gasteiger partial charge in [0.05, 0.1) is 0 Å². The summed E-state index contributed by atoms with van der Waals surface area (Å²) >= 11 is 0. The third kappa shape index (κ3) is 2.56. The van der Waals surface area contributed by atoms with Crippen molar-refractivity contribution in [2.75, 3.05) is 0 Å². The normalized spacial score (nSPS) is 10.4. The molecule has 0 aromatic heterocycles. The number of aromatic hydroxyl groups is 2. The van der Waals surface area contributed by atoms with Crippen molar-refractivity contribution in [3.05, 3.63) is 72.8 Å². The molecule has 0 aliphatic heterocycles. The van der Waals surface area contributed by atoms with Gasteiger partial charge in [0.25, 0.3) is 0 Å². The van der Waals surface area contributed by atoms with Gasteiger partial charge >= 0.3 is 0 Å². The van der Waals surface area contributed by atoms with Crippen LogP contribution >= 0.6 is 0 Å². The van der Waals surface area contributed by atoms with Gasteiger partial charge in [-0.1, -0.05) is 74.5 Å². The quantitative estimate of drug-likeness (QED) is 0.445. The van der Waals surface area contributed by atoms with Crippen molar-refractivity contribution in [2.45, 2.75) is 13.8 Å². The summed E-state index contributed by atoms with van der Waals surface area (Å²) in [6.45, 7) is 4.00. The lowest BCUT2D eigenvalue weighted by Crippen LogP contribution is -1.86. The third-order valence-electron chi connectivity index (χ3n) is 4.06. The fourth-order valence-corrected chi connectivity index (χ4v) is 3.05. The molecule has 2 N–H and O–H groups in total. The zero-order valence-corrected chi connectivity index (χ0v) is 13.8. The highest BCUT2D eigenvalue weighted by Crippen LogP contribution is 2.44. The molecule has 0 amide bonds. The molecule has 4 aromatic carbocycles. The van der Waals surface area contributed by atoms with E-state index in [1.54, 1.807) is 12.1 Å². The van der Waals surface area contributed by atoms with Crippen LogP contribution in [0.1, 0.15) is 13.8 Å². The Bertz CT molecular complexity index is 920. The molecule has 4 rings (SSSR count). The highest BCUT2D eigenvalue weighted by atomic mass is 16.3. The maximum atomic E-state index is 10.4. The Kier molecular flexibility index (Phi) is 4.39. The molecule has 2 nitrogen and oxygen atoms in total. The molecule has 0 heterocycles. The lowest BCUT2D eigenvalue weighted by atomic mass is 9.92. The fraction of sp³-hybridized carbons (Fsp3) is 0.0909. The average Bonchev–Trinajstić information content (AvgIpc) is 2.64. The first-order chi connectivity index (χ1) is 11.8. The number of rotatable bonds is 1. The zero-order chi connectivity index (χ0) is 17.1. The molecule has 0 atom stereocenters. The van der Waals surface area contributed by atoms with Crippen molar-refractivity contribution in [2.24, 2.45) is 0 Å². The van der Waals surface area contributed by atoms with Crippen LogP contribution in [0.2, 0.25) is 0 Å². The van der Waals surface area contributed by atoms with Crippen LogP contribution in [0.3, 0.4) is 0 Å². The summed E-state index contributed by atoms with van der Waals surface area (Å²) < 4.78 is 0. The Morgan fingerprint density at radius 2 is 0.875 bits per heavy atom. The second-order valence-electron chi connectivity index (χ2n) is 5.36. The number of hydrogen-bond donors (Lipinski definition) is 2. The summed E-state index contributed by atoms with van der Waals surface area (Å²) in [6, 6.07) is 22.9. The molecule has 0 radical (unpaired) electrons. The smallest absolute Gasteiger partial charge is 0.124 e. The van der Waals surface area contributed by atoms with Crippen LogP contribution in [0.5, 0.6) is 11.5 Å². The van der Waals surface area contributed by atoms with Gasteiger partial charge < -0.3 is 10.2 Å². The summed E-state index contributed by atoms with van der Waals surface area (Å²) in [7, 11) is 0. The predicted octanol–water partition coefficient (Wildman–Crippen LogP) is 6.10. The fourth-order valence-electron chi connectivity index (χ4n) is 3.05. The Hall–Kier alpha value is -3.00. The first kappa shape index (κ1) is 15.9. The van der Waals surface area contributed by atoms with Crippen LogP contribution in [0, 0.1) is 0 Å². The number of fused-ring (bicyclic) bond motifs is 2. The van der Waals surface area contributed by atoms with Gasteiger partial charge in [-0.15, -0.1) is 0 Å². The monoisotopic (exact) mass is 316 g/mol. The van der Waals surface area contributed by atoms with E-state index in [-0.39, 0.29) is 11.5 Å². The molecular formula is C22H20O2. The molecule has 0 aliphatic rings. The molecule has 24 heavy (non-hydrogen) atoms. The van der Waals surface area contributed by atoms with E-state index in [0.717, 1.165) is 21.5 Å². The van der Waals surface area contributed by atoms with E-state index in [1.165, 1.54) is 0 Å². The Balaban J connectivity index is 0.000000815. The molecular weight excluding hydrogens is 296 g/mol. The first-order valence-electron chi connectivity index (χ1n) is 8.17. The molecule has 0 aliphatic carbocycles. The molecule has 0 saturated carbocycles. The molecule has 0 fully saturated rings. The second-order valence-corrected chi connectivity index (χ2v) is 5.36. The van der Waals surface area contributed by atoms with E-state index in [9.17, 15) is 10.2 Å². The predicted molar refractivity (Wildman–Crippen MR) is 102 cm³/mol. The molecule has 120 valence electrons. The highest BCUT2D eigenvalue weighted by Gasteiger charge is 2.16. The van der Waals surface area contributed by atoms with Gasteiger partial charge in [0, 0.05) is 11.1 Å². The molecule has 2 heteroatoms. The minimum atomic E-state index is 0.172. The number of phenolic OH excluding ortho intramolecular Hbond substituents is 2. The van der Waals surface area contributed by atoms with E-state index in [1.807, 2.05) is 74.5 Å². The number of phenols is 2. The van der Waals surface area contributed by atoms with Crippen molar-refractivity contribution < 1.29 is 10.2 Å². The molecule has 0 spiro atoms. The summed E-state index contributed by atoms with van der Waals surface area (Å²) in [4.78, 5) is 0. The molecule has 0 bridgehead atoms. The van der Waals surface area contributed by atoms with Gasteiger partial charge in [-0.2, -0.15) is 0 Å². The summed E-state index contributed by atoms with van der Waals surface area (Å²) in [5.41, 5.74) is 1.35. The Morgan fingerprint density at radius 3 is 1.29 bits per heavy atom. The topological polar surface area (TPSA) is 40.5 Å². The average molecular weight is 316 g/mol. The van der Waals surface area contributed by atoms with Gasteiger partial charge in [0.15, 0.2) is 0 Å². The maximum absolute atomic E-state index is 10.4. The van der Waals surface area contributed by atoms with Crippen LogP contribution < -0.4 is 0 Å². The van der Waals surface area contributed by atoms with Crippen molar-refractivity contribution in [1.29, 1.82) is 0 Å². The largest absolute Gasteiger partial charge is 0.507 e. The van der Waals surface area contributed by atoms with Gasteiger partial charge in [-0.3, -0.25) is 0 Å². The van der Waals surface area contributed by atoms with Gasteiger partial charge in [0.2, 0.25) is 0 Å².